The summed E-state index contributed by atoms with van der Waals surface area (Å²) in [5.41, 5.74) is 1.29. The SMILES string of the molecule is Clc1cc(Br)ccc1CS1(Br)CCCC1. The standard InChI is InChI=1S/C11H13Br2ClS/c12-10-4-3-9(11(14)7-10)8-15(13)5-1-2-6-15/h3-4,7H,1-2,5-6,8H2. The molecular weight excluding hydrogens is 359 g/mol. The largest absolute Gasteiger partial charge is 0.179 e. The highest BCUT2D eigenvalue weighted by Crippen LogP contribution is 2.63. The maximum atomic E-state index is 6.23. The zero-order valence-electron chi connectivity index (χ0n) is 8.31. The Kier molecular flexibility index (Phi) is 4.08. The quantitative estimate of drug-likeness (QED) is 0.642. The van der Waals surface area contributed by atoms with Crippen molar-refractivity contribution in [2.75, 3.05) is 11.5 Å². The summed E-state index contributed by atoms with van der Waals surface area (Å²) in [6, 6.07) is 6.20. The Balaban J connectivity index is 2.16. The molecule has 0 saturated carbocycles. The molecule has 4 heteroatoms. The Morgan fingerprint density at radius 3 is 2.53 bits per heavy atom. The van der Waals surface area contributed by atoms with E-state index in [1.807, 2.05) is 6.07 Å². The van der Waals surface area contributed by atoms with E-state index in [4.69, 9.17) is 11.6 Å². The van der Waals surface area contributed by atoms with Crippen molar-refractivity contribution in [3.05, 3.63) is 33.3 Å². The van der Waals surface area contributed by atoms with E-state index in [2.05, 4.69) is 42.9 Å². The first kappa shape index (κ1) is 12.3. The Hall–Kier alpha value is 0.820. The van der Waals surface area contributed by atoms with Gasteiger partial charge in [0, 0.05) is 15.2 Å². The van der Waals surface area contributed by atoms with Gasteiger partial charge in [-0.15, -0.1) is 0 Å². The minimum Gasteiger partial charge on any atom is -0.179 e. The van der Waals surface area contributed by atoms with Crippen molar-refractivity contribution in [3.8, 4) is 0 Å². The molecule has 0 nitrogen and oxygen atoms in total. The van der Waals surface area contributed by atoms with Crippen molar-refractivity contribution in [3.63, 3.8) is 0 Å². The zero-order valence-corrected chi connectivity index (χ0v) is 13.1. The van der Waals surface area contributed by atoms with E-state index < -0.39 is 8.46 Å². The van der Waals surface area contributed by atoms with E-state index >= 15 is 0 Å². The molecule has 0 atom stereocenters. The first-order chi connectivity index (χ1) is 7.09. The van der Waals surface area contributed by atoms with E-state index in [1.54, 1.807) is 0 Å². The van der Waals surface area contributed by atoms with E-state index in [0.717, 1.165) is 15.2 Å². The van der Waals surface area contributed by atoms with Crippen LogP contribution in [0.2, 0.25) is 5.02 Å². The van der Waals surface area contributed by atoms with Gasteiger partial charge in [0.25, 0.3) is 0 Å². The highest BCUT2D eigenvalue weighted by molar-refractivity contribution is 9.58. The molecule has 1 aromatic carbocycles. The van der Waals surface area contributed by atoms with Crippen LogP contribution in [-0.4, -0.2) is 11.5 Å². The molecule has 0 aromatic heterocycles. The lowest BCUT2D eigenvalue weighted by atomic mass is 10.2. The van der Waals surface area contributed by atoms with Gasteiger partial charge in [0.05, 0.1) is 0 Å². The van der Waals surface area contributed by atoms with Gasteiger partial charge in [-0.25, -0.2) is 0 Å². The third-order valence-electron chi connectivity index (χ3n) is 2.70. The normalized spacial score (nSPS) is 21.5. The number of hydrogen-bond acceptors (Lipinski definition) is 0. The summed E-state index contributed by atoms with van der Waals surface area (Å²) in [6.45, 7) is 0. The molecule has 15 heavy (non-hydrogen) atoms. The molecule has 1 aromatic rings. The van der Waals surface area contributed by atoms with Crippen molar-refractivity contribution in [2.45, 2.75) is 18.6 Å². The predicted octanol–water partition coefficient (Wildman–Crippen LogP) is 5.51. The van der Waals surface area contributed by atoms with Crippen molar-refractivity contribution in [2.24, 2.45) is 0 Å². The third-order valence-corrected chi connectivity index (χ3v) is 9.04. The monoisotopic (exact) mass is 370 g/mol. The average molecular weight is 373 g/mol. The lowest BCUT2D eigenvalue weighted by molar-refractivity contribution is 0.949. The van der Waals surface area contributed by atoms with Gasteiger partial charge in [-0.2, -0.15) is 8.46 Å². The molecule has 1 aliphatic heterocycles. The summed E-state index contributed by atoms with van der Waals surface area (Å²) in [5.74, 6) is 3.82. The molecule has 0 spiro atoms. The van der Waals surface area contributed by atoms with Crippen LogP contribution in [-0.2, 0) is 5.75 Å². The van der Waals surface area contributed by atoms with Crippen molar-refractivity contribution in [1.82, 2.24) is 0 Å². The number of benzene rings is 1. The fourth-order valence-corrected chi connectivity index (χ4v) is 7.56. The smallest absolute Gasteiger partial charge is 0.0457 e. The van der Waals surface area contributed by atoms with Gasteiger partial charge >= 0.3 is 0 Å². The van der Waals surface area contributed by atoms with E-state index in [1.165, 1.54) is 29.9 Å². The van der Waals surface area contributed by atoms with Crippen LogP contribution in [0, 0.1) is 0 Å². The van der Waals surface area contributed by atoms with Gasteiger partial charge in [0.2, 0.25) is 0 Å². The summed E-state index contributed by atoms with van der Waals surface area (Å²) >= 11 is 13.6. The Morgan fingerprint density at radius 1 is 1.27 bits per heavy atom. The van der Waals surface area contributed by atoms with Crippen LogP contribution < -0.4 is 0 Å². The number of rotatable bonds is 2. The predicted molar refractivity (Wildman–Crippen MR) is 78.3 cm³/mol. The molecule has 0 aliphatic carbocycles. The van der Waals surface area contributed by atoms with Gasteiger partial charge in [-0.05, 0) is 56.9 Å². The molecule has 1 saturated heterocycles. The summed E-state index contributed by atoms with van der Waals surface area (Å²) in [7, 11) is -0.579. The van der Waals surface area contributed by atoms with Crippen LogP contribution in [0.5, 0.6) is 0 Å². The second kappa shape index (κ2) is 4.99. The molecular formula is C11H13Br2ClS. The van der Waals surface area contributed by atoms with Crippen molar-refractivity contribution >= 4 is 50.8 Å². The summed E-state index contributed by atoms with van der Waals surface area (Å²) in [5, 5.41) is 0.891. The second-order valence-corrected chi connectivity index (χ2v) is 12.4. The Morgan fingerprint density at radius 2 is 1.93 bits per heavy atom. The Labute approximate surface area is 113 Å². The fourth-order valence-electron chi connectivity index (χ4n) is 1.89. The molecule has 0 N–H and O–H groups in total. The minimum atomic E-state index is -0.579. The maximum Gasteiger partial charge on any atom is 0.0457 e. The molecule has 0 amide bonds. The van der Waals surface area contributed by atoms with Gasteiger partial charge in [-0.3, -0.25) is 0 Å². The van der Waals surface area contributed by atoms with Crippen LogP contribution in [0.25, 0.3) is 0 Å². The van der Waals surface area contributed by atoms with Crippen molar-refractivity contribution in [1.29, 1.82) is 0 Å². The van der Waals surface area contributed by atoms with Crippen LogP contribution in [0.4, 0.5) is 0 Å². The van der Waals surface area contributed by atoms with Gasteiger partial charge in [0.1, 0.15) is 0 Å². The van der Waals surface area contributed by atoms with E-state index in [9.17, 15) is 0 Å². The molecule has 0 bridgehead atoms. The maximum absolute atomic E-state index is 6.23. The zero-order chi connectivity index (χ0) is 10.9. The number of halogens is 3. The van der Waals surface area contributed by atoms with Crippen LogP contribution in [0.15, 0.2) is 22.7 Å². The van der Waals surface area contributed by atoms with Gasteiger partial charge in [0.15, 0.2) is 0 Å². The number of hydrogen-bond donors (Lipinski definition) is 0. The summed E-state index contributed by atoms with van der Waals surface area (Å²) in [6.07, 6.45) is 2.74. The summed E-state index contributed by atoms with van der Waals surface area (Å²) in [4.78, 5) is 0. The fraction of sp³-hybridized carbons (Fsp3) is 0.455. The molecule has 2 rings (SSSR count). The molecule has 1 aliphatic rings. The minimum absolute atomic E-state index is 0.579. The highest BCUT2D eigenvalue weighted by atomic mass is 79.9. The molecule has 84 valence electrons. The lowest BCUT2D eigenvalue weighted by Gasteiger charge is -2.28. The summed E-state index contributed by atoms with van der Waals surface area (Å²) < 4.78 is 1.06. The van der Waals surface area contributed by atoms with Gasteiger partial charge < -0.3 is 0 Å². The first-order valence-electron chi connectivity index (χ1n) is 4.99. The van der Waals surface area contributed by atoms with Gasteiger partial charge in [-0.1, -0.05) is 33.6 Å². The Bertz CT molecular complexity index is 362. The topological polar surface area (TPSA) is 0 Å². The lowest BCUT2D eigenvalue weighted by Crippen LogP contribution is -1.98. The van der Waals surface area contributed by atoms with Crippen LogP contribution in [0.1, 0.15) is 18.4 Å². The first-order valence-corrected chi connectivity index (χ1v) is 10.1. The average Bonchev–Trinajstić information content (AvgIpc) is 2.58. The van der Waals surface area contributed by atoms with Crippen molar-refractivity contribution < 1.29 is 0 Å². The second-order valence-electron chi connectivity index (χ2n) is 3.94. The molecule has 0 radical (unpaired) electrons. The van der Waals surface area contributed by atoms with E-state index in [0.29, 0.717) is 0 Å². The molecule has 0 unspecified atom stereocenters. The molecule has 1 heterocycles. The van der Waals surface area contributed by atoms with Crippen LogP contribution >= 0.6 is 50.8 Å². The third kappa shape index (κ3) is 3.15. The van der Waals surface area contributed by atoms with Crippen LogP contribution in [0.3, 0.4) is 0 Å². The van der Waals surface area contributed by atoms with E-state index in [-0.39, 0.29) is 0 Å². The molecule has 1 fully saturated rings. The highest BCUT2D eigenvalue weighted by Gasteiger charge is 2.26.